The number of ether oxygens (including phenoxy) is 2. The standard InChI is InChI=1S/C25H28N2O5S/c1-15-19-14-22(32-3)21(31-2)13-16(19)9-11-26(15)25(30)20(10-12-33-4)27-23(28)17-7-5-6-8-18(17)24(27)29/h5-8,13-15,20H,9-12H2,1-4H3. The molecule has 2 unspecified atom stereocenters. The highest BCUT2D eigenvalue weighted by atomic mass is 32.2. The molecule has 0 saturated heterocycles. The third-order valence-electron chi connectivity index (χ3n) is 6.49. The SMILES string of the molecule is COc1cc2c(cc1OC)C(C)N(C(=O)C(CCSC)N1C(=O)c3ccccc3C1=O)CC2. The van der Waals surface area contributed by atoms with E-state index in [4.69, 9.17) is 9.47 Å². The number of imide groups is 1. The summed E-state index contributed by atoms with van der Waals surface area (Å²) in [6.07, 6.45) is 3.01. The van der Waals surface area contributed by atoms with Gasteiger partial charge >= 0.3 is 0 Å². The Morgan fingerprint density at radius 1 is 1.09 bits per heavy atom. The molecule has 0 radical (unpaired) electrons. The van der Waals surface area contributed by atoms with Gasteiger partial charge in [-0.2, -0.15) is 11.8 Å². The zero-order valence-electron chi connectivity index (χ0n) is 19.3. The second-order valence-electron chi connectivity index (χ2n) is 8.19. The maximum Gasteiger partial charge on any atom is 0.262 e. The van der Waals surface area contributed by atoms with E-state index in [1.165, 1.54) is 4.90 Å². The molecular formula is C25H28N2O5S. The molecule has 0 bridgehead atoms. The Morgan fingerprint density at radius 3 is 2.27 bits per heavy atom. The normalized spacial score (nSPS) is 18.1. The zero-order valence-corrected chi connectivity index (χ0v) is 20.1. The van der Waals surface area contributed by atoms with Crippen LogP contribution in [0.3, 0.4) is 0 Å². The molecule has 2 aromatic carbocycles. The van der Waals surface area contributed by atoms with Gasteiger partial charge in [-0.25, -0.2) is 0 Å². The average molecular weight is 469 g/mol. The van der Waals surface area contributed by atoms with Crippen molar-refractivity contribution in [2.24, 2.45) is 0 Å². The van der Waals surface area contributed by atoms with E-state index < -0.39 is 17.9 Å². The molecule has 0 N–H and O–H groups in total. The molecule has 2 heterocycles. The molecule has 33 heavy (non-hydrogen) atoms. The van der Waals surface area contributed by atoms with Crippen molar-refractivity contribution in [1.82, 2.24) is 9.80 Å². The number of thioether (sulfide) groups is 1. The number of hydrogen-bond acceptors (Lipinski definition) is 6. The summed E-state index contributed by atoms with van der Waals surface area (Å²) < 4.78 is 10.9. The van der Waals surface area contributed by atoms with Crippen molar-refractivity contribution in [2.45, 2.75) is 31.8 Å². The van der Waals surface area contributed by atoms with Crippen molar-refractivity contribution < 1.29 is 23.9 Å². The molecule has 174 valence electrons. The predicted octanol–water partition coefficient (Wildman–Crippen LogP) is 3.57. The Labute approximate surface area is 198 Å². The largest absolute Gasteiger partial charge is 0.493 e. The van der Waals surface area contributed by atoms with E-state index in [1.54, 1.807) is 55.1 Å². The summed E-state index contributed by atoms with van der Waals surface area (Å²) in [5.41, 5.74) is 2.81. The monoisotopic (exact) mass is 468 g/mol. The van der Waals surface area contributed by atoms with Gasteiger partial charge in [0.15, 0.2) is 11.5 Å². The highest BCUT2D eigenvalue weighted by molar-refractivity contribution is 7.98. The fourth-order valence-corrected chi connectivity index (χ4v) is 5.18. The second-order valence-corrected chi connectivity index (χ2v) is 9.17. The number of carbonyl (C=O) groups is 3. The first kappa shape index (κ1) is 23.2. The van der Waals surface area contributed by atoms with Crippen molar-refractivity contribution in [1.29, 1.82) is 0 Å². The zero-order chi connectivity index (χ0) is 23.7. The molecule has 2 aromatic rings. The van der Waals surface area contributed by atoms with Crippen molar-refractivity contribution in [2.75, 3.05) is 32.8 Å². The molecule has 4 rings (SSSR count). The van der Waals surface area contributed by atoms with Crippen LogP contribution in [0.15, 0.2) is 36.4 Å². The van der Waals surface area contributed by atoms with Crippen LogP contribution in [0.1, 0.15) is 51.2 Å². The minimum Gasteiger partial charge on any atom is -0.493 e. The number of amides is 3. The lowest BCUT2D eigenvalue weighted by Crippen LogP contribution is -2.53. The van der Waals surface area contributed by atoms with E-state index in [9.17, 15) is 14.4 Å². The minimum absolute atomic E-state index is 0.202. The van der Waals surface area contributed by atoms with Gasteiger partial charge in [-0.3, -0.25) is 19.3 Å². The fourth-order valence-electron chi connectivity index (χ4n) is 4.72. The predicted molar refractivity (Wildman–Crippen MR) is 127 cm³/mol. The molecule has 2 aliphatic heterocycles. The van der Waals surface area contributed by atoms with E-state index in [2.05, 4.69) is 0 Å². The van der Waals surface area contributed by atoms with Gasteiger partial charge in [0.05, 0.1) is 31.4 Å². The Hall–Kier alpha value is -3.00. The van der Waals surface area contributed by atoms with Gasteiger partial charge in [-0.1, -0.05) is 12.1 Å². The number of methoxy groups -OCH3 is 2. The van der Waals surface area contributed by atoms with E-state index in [0.717, 1.165) is 11.1 Å². The van der Waals surface area contributed by atoms with Crippen LogP contribution in [-0.4, -0.2) is 66.3 Å². The van der Waals surface area contributed by atoms with E-state index in [-0.39, 0.29) is 11.9 Å². The smallest absolute Gasteiger partial charge is 0.262 e. The van der Waals surface area contributed by atoms with Crippen LogP contribution < -0.4 is 9.47 Å². The van der Waals surface area contributed by atoms with Crippen LogP contribution in [0.2, 0.25) is 0 Å². The molecule has 3 amide bonds. The summed E-state index contributed by atoms with van der Waals surface area (Å²) in [4.78, 5) is 43.1. The van der Waals surface area contributed by atoms with Crippen molar-refractivity contribution in [3.63, 3.8) is 0 Å². The number of nitrogens with zero attached hydrogens (tertiary/aromatic N) is 2. The maximum atomic E-state index is 13.8. The number of carbonyl (C=O) groups excluding carboxylic acids is 3. The van der Waals surface area contributed by atoms with Crippen LogP contribution in [0.5, 0.6) is 11.5 Å². The number of rotatable bonds is 7. The molecule has 0 aromatic heterocycles. The fraction of sp³-hybridized carbons (Fsp3) is 0.400. The van der Waals surface area contributed by atoms with Crippen molar-refractivity contribution in [3.8, 4) is 11.5 Å². The minimum atomic E-state index is -0.839. The van der Waals surface area contributed by atoms with Crippen molar-refractivity contribution in [3.05, 3.63) is 58.7 Å². The molecule has 8 heteroatoms. The van der Waals surface area contributed by atoms with Crippen LogP contribution >= 0.6 is 11.8 Å². The van der Waals surface area contributed by atoms with Gasteiger partial charge in [0.1, 0.15) is 6.04 Å². The summed E-state index contributed by atoms with van der Waals surface area (Å²) in [6.45, 7) is 2.47. The second kappa shape index (κ2) is 9.47. The molecule has 0 saturated carbocycles. The molecule has 7 nitrogen and oxygen atoms in total. The van der Waals surface area contributed by atoms with E-state index >= 15 is 0 Å². The van der Waals surface area contributed by atoms with Gasteiger partial charge in [-0.05, 0) is 67.2 Å². The Bertz CT molecular complexity index is 1070. The van der Waals surface area contributed by atoms with Gasteiger partial charge < -0.3 is 14.4 Å². The van der Waals surface area contributed by atoms with Gasteiger partial charge in [0, 0.05) is 6.54 Å². The third-order valence-corrected chi connectivity index (χ3v) is 7.13. The van der Waals surface area contributed by atoms with Crippen molar-refractivity contribution >= 4 is 29.5 Å². The van der Waals surface area contributed by atoms with Gasteiger partial charge in [0.2, 0.25) is 5.91 Å². The third kappa shape index (κ3) is 3.97. The van der Waals surface area contributed by atoms with E-state index in [0.29, 0.717) is 47.8 Å². The lowest BCUT2D eigenvalue weighted by atomic mass is 9.92. The van der Waals surface area contributed by atoms with Crippen LogP contribution in [0.4, 0.5) is 0 Å². The highest BCUT2D eigenvalue weighted by Crippen LogP contribution is 2.39. The number of fused-ring (bicyclic) bond motifs is 2. The van der Waals surface area contributed by atoms with Crippen LogP contribution in [-0.2, 0) is 11.2 Å². The quantitative estimate of drug-likeness (QED) is 0.579. The summed E-state index contributed by atoms with van der Waals surface area (Å²) >= 11 is 1.59. The summed E-state index contributed by atoms with van der Waals surface area (Å²) in [5, 5.41) is 0. The Balaban J connectivity index is 1.66. The Morgan fingerprint density at radius 2 is 1.70 bits per heavy atom. The van der Waals surface area contributed by atoms with E-state index in [1.807, 2.05) is 25.3 Å². The average Bonchev–Trinajstić information content (AvgIpc) is 3.09. The molecule has 0 aliphatic carbocycles. The first-order valence-corrected chi connectivity index (χ1v) is 12.3. The van der Waals surface area contributed by atoms with Crippen LogP contribution in [0.25, 0.3) is 0 Å². The molecule has 2 aliphatic rings. The summed E-state index contributed by atoms with van der Waals surface area (Å²) in [6, 6.07) is 9.56. The van der Waals surface area contributed by atoms with Crippen LogP contribution in [0, 0.1) is 0 Å². The number of benzene rings is 2. The highest BCUT2D eigenvalue weighted by Gasteiger charge is 2.44. The first-order valence-electron chi connectivity index (χ1n) is 10.9. The Kier molecular flexibility index (Phi) is 6.65. The lowest BCUT2D eigenvalue weighted by Gasteiger charge is -2.39. The summed E-state index contributed by atoms with van der Waals surface area (Å²) in [7, 11) is 3.19. The lowest BCUT2D eigenvalue weighted by molar-refractivity contribution is -0.138. The maximum absolute atomic E-state index is 13.8. The topological polar surface area (TPSA) is 76.2 Å². The number of hydrogen-bond donors (Lipinski definition) is 0. The molecule has 2 atom stereocenters. The van der Waals surface area contributed by atoms with Gasteiger partial charge in [-0.15, -0.1) is 0 Å². The molecule has 0 fully saturated rings. The molecular weight excluding hydrogens is 440 g/mol. The molecule has 0 spiro atoms. The van der Waals surface area contributed by atoms with Gasteiger partial charge in [0.25, 0.3) is 11.8 Å². The summed E-state index contributed by atoms with van der Waals surface area (Å²) in [5.74, 6) is 0.932. The first-order chi connectivity index (χ1) is 15.9.